The average molecular weight is 319 g/mol. The minimum absolute atomic E-state index is 0.00682. The van der Waals surface area contributed by atoms with Crippen LogP contribution in [0.15, 0.2) is 4.34 Å². The quantitative estimate of drug-likeness (QED) is 0.554. The highest BCUT2D eigenvalue weighted by molar-refractivity contribution is 8.02. The molecule has 0 saturated carbocycles. The molecule has 0 bridgehead atoms. The Hall–Kier alpha value is -0.860. The van der Waals surface area contributed by atoms with Gasteiger partial charge in [-0.05, 0) is 38.5 Å². The van der Waals surface area contributed by atoms with Gasteiger partial charge in [0.2, 0.25) is 5.91 Å². The van der Waals surface area contributed by atoms with Crippen molar-refractivity contribution >= 4 is 29.0 Å². The third-order valence-electron chi connectivity index (χ3n) is 2.20. The summed E-state index contributed by atoms with van der Waals surface area (Å²) in [4.78, 5) is 11.8. The van der Waals surface area contributed by atoms with Gasteiger partial charge in [-0.15, -0.1) is 5.10 Å². The average Bonchev–Trinajstić information content (AvgIpc) is 2.80. The summed E-state index contributed by atoms with van der Waals surface area (Å²) in [5, 5.41) is 11.1. The van der Waals surface area contributed by atoms with Crippen LogP contribution >= 0.6 is 23.1 Å². The summed E-state index contributed by atoms with van der Waals surface area (Å²) in [6.07, 6.45) is 0.882. The maximum absolute atomic E-state index is 11.8. The van der Waals surface area contributed by atoms with Gasteiger partial charge in [-0.1, -0.05) is 16.9 Å². The molecule has 0 spiro atoms. The fourth-order valence-corrected chi connectivity index (χ4v) is 3.24. The molecule has 1 N–H and O–H groups in total. The Morgan fingerprint density at radius 2 is 2.15 bits per heavy atom. The number of nitrogens with one attached hydrogen (secondary N) is 1. The van der Waals surface area contributed by atoms with Crippen LogP contribution in [0.4, 0.5) is 0 Å². The van der Waals surface area contributed by atoms with Gasteiger partial charge in [0.1, 0.15) is 0 Å². The molecule has 0 aromatic carbocycles. The SMILES string of the molecule is COCCCNC(=O)[C@@H](C)Sc1nnc(OC(C)C)s1. The molecule has 0 radical (unpaired) electrons. The van der Waals surface area contributed by atoms with Crippen molar-refractivity contribution in [3.8, 4) is 5.19 Å². The van der Waals surface area contributed by atoms with E-state index < -0.39 is 0 Å². The van der Waals surface area contributed by atoms with Crippen LogP contribution in [0.25, 0.3) is 0 Å². The number of ether oxygens (including phenoxy) is 2. The third kappa shape index (κ3) is 6.53. The van der Waals surface area contributed by atoms with Crippen LogP contribution in [0.1, 0.15) is 27.2 Å². The normalized spacial score (nSPS) is 12.4. The summed E-state index contributed by atoms with van der Waals surface area (Å²) in [5.41, 5.74) is 0. The summed E-state index contributed by atoms with van der Waals surface area (Å²) in [6, 6.07) is 0. The second-order valence-corrected chi connectivity index (χ2v) is 6.93. The van der Waals surface area contributed by atoms with Gasteiger partial charge in [0.25, 0.3) is 5.19 Å². The largest absolute Gasteiger partial charge is 0.466 e. The van der Waals surface area contributed by atoms with Crippen LogP contribution in [-0.2, 0) is 9.53 Å². The van der Waals surface area contributed by atoms with Crippen LogP contribution in [0.5, 0.6) is 5.19 Å². The number of amides is 1. The summed E-state index contributed by atoms with van der Waals surface area (Å²) in [7, 11) is 1.65. The van der Waals surface area contributed by atoms with Gasteiger partial charge in [0.15, 0.2) is 4.34 Å². The van der Waals surface area contributed by atoms with E-state index in [0.717, 1.165) is 10.8 Å². The van der Waals surface area contributed by atoms with E-state index in [1.165, 1.54) is 23.1 Å². The zero-order valence-electron chi connectivity index (χ0n) is 12.2. The number of hydrogen-bond acceptors (Lipinski definition) is 7. The maximum atomic E-state index is 11.8. The number of methoxy groups -OCH3 is 1. The first-order valence-corrected chi connectivity index (χ1v) is 8.16. The molecule has 0 aliphatic rings. The van der Waals surface area contributed by atoms with Crippen LogP contribution in [-0.4, -0.2) is 47.7 Å². The Morgan fingerprint density at radius 3 is 2.80 bits per heavy atom. The lowest BCUT2D eigenvalue weighted by molar-refractivity contribution is -0.120. The molecular formula is C12H21N3O3S2. The molecule has 1 aromatic heterocycles. The molecule has 114 valence electrons. The predicted octanol–water partition coefficient (Wildman–Crippen LogP) is 1.96. The highest BCUT2D eigenvalue weighted by Crippen LogP contribution is 2.30. The highest BCUT2D eigenvalue weighted by Gasteiger charge is 2.17. The number of hydrogen-bond donors (Lipinski definition) is 1. The Morgan fingerprint density at radius 1 is 1.40 bits per heavy atom. The van der Waals surface area contributed by atoms with Gasteiger partial charge in [0.05, 0.1) is 11.4 Å². The number of thioether (sulfide) groups is 1. The zero-order chi connectivity index (χ0) is 15.0. The molecule has 6 nitrogen and oxygen atoms in total. The molecule has 8 heteroatoms. The van der Waals surface area contributed by atoms with Crippen LogP contribution in [0.2, 0.25) is 0 Å². The summed E-state index contributed by atoms with van der Waals surface area (Å²) < 4.78 is 11.1. The van der Waals surface area contributed by atoms with Crippen molar-refractivity contribution in [1.29, 1.82) is 0 Å². The first kappa shape index (κ1) is 17.2. The van der Waals surface area contributed by atoms with Crippen LogP contribution in [0.3, 0.4) is 0 Å². The van der Waals surface area contributed by atoms with E-state index >= 15 is 0 Å². The molecule has 0 fully saturated rings. The Kier molecular flexibility index (Phi) is 7.86. The second kappa shape index (κ2) is 9.15. The number of aromatic nitrogens is 2. The molecule has 1 atom stereocenters. The van der Waals surface area contributed by atoms with E-state index in [1.54, 1.807) is 7.11 Å². The van der Waals surface area contributed by atoms with Gasteiger partial charge in [-0.2, -0.15) is 0 Å². The van der Waals surface area contributed by atoms with Crippen LogP contribution in [0, 0.1) is 0 Å². The minimum Gasteiger partial charge on any atom is -0.466 e. The zero-order valence-corrected chi connectivity index (χ0v) is 13.8. The topological polar surface area (TPSA) is 73.3 Å². The van der Waals surface area contributed by atoms with Gasteiger partial charge in [-0.25, -0.2) is 0 Å². The Balaban J connectivity index is 2.35. The molecule has 1 aromatic rings. The van der Waals surface area contributed by atoms with E-state index in [4.69, 9.17) is 9.47 Å². The Bertz CT molecular complexity index is 412. The van der Waals surface area contributed by atoms with Crippen molar-refractivity contribution in [2.45, 2.75) is 42.9 Å². The second-order valence-electron chi connectivity index (χ2n) is 4.40. The lowest BCUT2D eigenvalue weighted by atomic mass is 10.4. The van der Waals surface area contributed by atoms with E-state index in [9.17, 15) is 4.79 Å². The molecule has 0 unspecified atom stereocenters. The standard InChI is InChI=1S/C12H21N3O3S2/c1-8(2)18-11-14-15-12(20-11)19-9(3)10(16)13-6-5-7-17-4/h8-9H,5-7H2,1-4H3,(H,13,16)/t9-/m1/s1. The van der Waals surface area contributed by atoms with Gasteiger partial charge < -0.3 is 14.8 Å². The van der Waals surface area contributed by atoms with Crippen molar-refractivity contribution in [2.24, 2.45) is 0 Å². The van der Waals surface area contributed by atoms with Crippen molar-refractivity contribution in [3.63, 3.8) is 0 Å². The van der Waals surface area contributed by atoms with E-state index in [0.29, 0.717) is 18.3 Å². The third-order valence-corrected chi connectivity index (χ3v) is 4.19. The number of carbonyl (C=O) groups excluding carboxylic acids is 1. The molecule has 0 aliphatic carbocycles. The maximum Gasteiger partial charge on any atom is 0.295 e. The van der Waals surface area contributed by atoms with E-state index in [-0.39, 0.29) is 17.3 Å². The number of nitrogens with zero attached hydrogens (tertiary/aromatic N) is 2. The summed E-state index contributed by atoms with van der Waals surface area (Å²) in [5.74, 6) is -0.00682. The molecule has 0 aliphatic heterocycles. The smallest absolute Gasteiger partial charge is 0.295 e. The molecule has 1 heterocycles. The van der Waals surface area contributed by atoms with Gasteiger partial charge in [-0.3, -0.25) is 4.79 Å². The monoisotopic (exact) mass is 319 g/mol. The number of rotatable bonds is 9. The van der Waals surface area contributed by atoms with E-state index in [2.05, 4.69) is 15.5 Å². The number of carbonyl (C=O) groups is 1. The molecule has 0 saturated heterocycles. The fraction of sp³-hybridized carbons (Fsp3) is 0.750. The molecular weight excluding hydrogens is 298 g/mol. The highest BCUT2D eigenvalue weighted by atomic mass is 32.2. The van der Waals surface area contributed by atoms with Crippen molar-refractivity contribution < 1.29 is 14.3 Å². The lowest BCUT2D eigenvalue weighted by Crippen LogP contribution is -2.32. The van der Waals surface area contributed by atoms with Crippen molar-refractivity contribution in [3.05, 3.63) is 0 Å². The molecule has 1 rings (SSSR count). The van der Waals surface area contributed by atoms with Crippen molar-refractivity contribution in [2.75, 3.05) is 20.3 Å². The fourth-order valence-electron chi connectivity index (χ4n) is 1.27. The van der Waals surface area contributed by atoms with Crippen molar-refractivity contribution in [1.82, 2.24) is 15.5 Å². The summed E-state index contributed by atoms with van der Waals surface area (Å²) >= 11 is 2.74. The minimum atomic E-state index is -0.211. The first-order chi connectivity index (χ1) is 9.52. The predicted molar refractivity (Wildman–Crippen MR) is 80.5 cm³/mol. The van der Waals surface area contributed by atoms with E-state index in [1.807, 2.05) is 20.8 Å². The lowest BCUT2D eigenvalue weighted by Gasteiger charge is -2.09. The molecule has 20 heavy (non-hydrogen) atoms. The Labute approximate surface area is 127 Å². The van der Waals surface area contributed by atoms with Gasteiger partial charge >= 0.3 is 0 Å². The van der Waals surface area contributed by atoms with Gasteiger partial charge in [0, 0.05) is 20.3 Å². The molecule has 1 amide bonds. The van der Waals surface area contributed by atoms with Crippen LogP contribution < -0.4 is 10.1 Å². The first-order valence-electron chi connectivity index (χ1n) is 6.46. The summed E-state index contributed by atoms with van der Waals surface area (Å²) in [6.45, 7) is 6.98.